The van der Waals surface area contributed by atoms with E-state index in [0.29, 0.717) is 0 Å². The summed E-state index contributed by atoms with van der Waals surface area (Å²) in [5, 5.41) is 0. The number of fused-ring (bicyclic) bond motifs is 1. The fourth-order valence-corrected chi connectivity index (χ4v) is 1.95. The number of carbonyl (C=O) groups is 1. The van der Waals surface area contributed by atoms with Crippen molar-refractivity contribution < 1.29 is 4.79 Å². The van der Waals surface area contributed by atoms with Crippen molar-refractivity contribution in [3.8, 4) is 0 Å². The normalized spacial score (nSPS) is 12.4. The first-order valence-electron chi connectivity index (χ1n) is 7.42. The molecule has 0 unspecified atom stereocenters. The quantitative estimate of drug-likeness (QED) is 0.681. The molecule has 0 aromatic heterocycles. The molecule has 2 nitrogen and oxygen atoms in total. The first-order valence-corrected chi connectivity index (χ1v) is 7.42. The van der Waals surface area contributed by atoms with E-state index in [2.05, 4.69) is 39.0 Å². The lowest BCUT2D eigenvalue weighted by molar-refractivity contribution is -0.129. The maximum absolute atomic E-state index is 11.2. The minimum Gasteiger partial charge on any atom is -0.338 e. The summed E-state index contributed by atoms with van der Waals surface area (Å²) >= 11 is 0. The van der Waals surface area contributed by atoms with Crippen molar-refractivity contribution in [3.63, 3.8) is 0 Å². The van der Waals surface area contributed by atoms with Crippen LogP contribution in [0.5, 0.6) is 0 Å². The zero-order valence-corrected chi connectivity index (χ0v) is 13.4. The van der Waals surface area contributed by atoms with Gasteiger partial charge < -0.3 is 4.90 Å². The van der Waals surface area contributed by atoms with Crippen molar-refractivity contribution in [2.24, 2.45) is 0 Å². The highest BCUT2D eigenvalue weighted by Crippen LogP contribution is 2.19. The Morgan fingerprint density at radius 3 is 2.32 bits per heavy atom. The van der Waals surface area contributed by atoms with E-state index < -0.39 is 0 Å². The van der Waals surface area contributed by atoms with Crippen molar-refractivity contribution in [3.05, 3.63) is 34.9 Å². The maximum atomic E-state index is 11.2. The van der Waals surface area contributed by atoms with Crippen LogP contribution in [0.25, 0.3) is 0 Å². The molecule has 0 N–H and O–H groups in total. The Labute approximate surface area is 118 Å². The molecular formula is C17H29NO. The summed E-state index contributed by atoms with van der Waals surface area (Å²) in [6.45, 7) is 13.6. The van der Waals surface area contributed by atoms with Gasteiger partial charge in [0.15, 0.2) is 0 Å². The van der Waals surface area contributed by atoms with Gasteiger partial charge in [-0.15, -0.1) is 0 Å². The first-order chi connectivity index (χ1) is 9.08. The summed E-state index contributed by atoms with van der Waals surface area (Å²) in [5.41, 5.74) is 4.01. The van der Waals surface area contributed by atoms with Crippen LogP contribution < -0.4 is 0 Å². The summed E-state index contributed by atoms with van der Waals surface area (Å²) in [5.74, 6) is 0.177. The van der Waals surface area contributed by atoms with Gasteiger partial charge in [-0.2, -0.15) is 0 Å². The van der Waals surface area contributed by atoms with Crippen LogP contribution in [0.4, 0.5) is 0 Å². The van der Waals surface area contributed by atoms with Gasteiger partial charge >= 0.3 is 0 Å². The van der Waals surface area contributed by atoms with Crippen molar-refractivity contribution in [2.45, 2.75) is 60.9 Å². The van der Waals surface area contributed by atoms with E-state index in [1.165, 1.54) is 23.1 Å². The third-order valence-electron chi connectivity index (χ3n) is 2.82. The summed E-state index contributed by atoms with van der Waals surface area (Å²) in [7, 11) is 0. The topological polar surface area (TPSA) is 20.3 Å². The predicted molar refractivity (Wildman–Crippen MR) is 83.3 cm³/mol. The van der Waals surface area contributed by atoms with Gasteiger partial charge in [-0.3, -0.25) is 4.79 Å². The van der Waals surface area contributed by atoms with Gasteiger partial charge in [0.2, 0.25) is 5.91 Å². The molecule has 19 heavy (non-hydrogen) atoms. The van der Waals surface area contributed by atoms with E-state index in [9.17, 15) is 4.79 Å². The van der Waals surface area contributed by atoms with Crippen molar-refractivity contribution in [1.29, 1.82) is 0 Å². The first kappa shape index (κ1) is 17.7. The SMILES string of the molecule is CC.CC(=O)N1CCc2cc(C)ccc2C1.CCC. The molecular weight excluding hydrogens is 234 g/mol. The number of hydrogen-bond acceptors (Lipinski definition) is 1. The number of benzene rings is 1. The largest absolute Gasteiger partial charge is 0.338 e. The number of amides is 1. The second-order valence-corrected chi connectivity index (χ2v) is 4.67. The van der Waals surface area contributed by atoms with Gasteiger partial charge in [0.1, 0.15) is 0 Å². The zero-order chi connectivity index (χ0) is 14.8. The average molecular weight is 263 g/mol. The minimum absolute atomic E-state index is 0.177. The van der Waals surface area contributed by atoms with Crippen LogP contribution >= 0.6 is 0 Å². The van der Waals surface area contributed by atoms with Crippen LogP contribution in [0.15, 0.2) is 18.2 Å². The highest BCUT2D eigenvalue weighted by Gasteiger charge is 2.17. The Kier molecular flexibility index (Phi) is 8.94. The molecule has 0 radical (unpaired) electrons. The minimum atomic E-state index is 0.177. The molecule has 108 valence electrons. The Hall–Kier alpha value is -1.31. The highest BCUT2D eigenvalue weighted by molar-refractivity contribution is 5.73. The van der Waals surface area contributed by atoms with Crippen LogP contribution in [-0.2, 0) is 17.8 Å². The molecule has 1 amide bonds. The predicted octanol–water partition coefficient (Wildman–Crippen LogP) is 4.34. The summed E-state index contributed by atoms with van der Waals surface area (Å²) in [4.78, 5) is 13.1. The molecule has 0 saturated carbocycles. The Balaban J connectivity index is 0.000000573. The van der Waals surface area contributed by atoms with Crippen molar-refractivity contribution in [2.75, 3.05) is 6.54 Å². The molecule has 1 aliphatic rings. The third kappa shape index (κ3) is 5.91. The lowest BCUT2D eigenvalue weighted by atomic mass is 9.98. The molecule has 1 aromatic carbocycles. The van der Waals surface area contributed by atoms with Crippen LogP contribution in [0.3, 0.4) is 0 Å². The van der Waals surface area contributed by atoms with E-state index in [-0.39, 0.29) is 5.91 Å². The molecule has 0 atom stereocenters. The molecule has 0 spiro atoms. The summed E-state index contributed by atoms with van der Waals surface area (Å²) in [6, 6.07) is 6.48. The molecule has 0 bridgehead atoms. The molecule has 2 rings (SSSR count). The fraction of sp³-hybridized carbons (Fsp3) is 0.588. The molecule has 2 heteroatoms. The van der Waals surface area contributed by atoms with Gasteiger partial charge in [-0.25, -0.2) is 0 Å². The standard InChI is InChI=1S/C12H15NO.C3H8.C2H6/c1-9-3-4-12-8-13(10(2)14)6-5-11(12)7-9;1-3-2;1-2/h3-4,7H,5-6,8H2,1-2H3;3H2,1-2H3;1-2H3. The molecule has 0 fully saturated rings. The second-order valence-electron chi connectivity index (χ2n) is 4.67. The van der Waals surface area contributed by atoms with Gasteiger partial charge in [0, 0.05) is 20.0 Å². The van der Waals surface area contributed by atoms with Gasteiger partial charge in [-0.05, 0) is 24.5 Å². The van der Waals surface area contributed by atoms with Gasteiger partial charge in [-0.1, -0.05) is 57.9 Å². The van der Waals surface area contributed by atoms with Crippen LogP contribution in [0.1, 0.15) is 57.7 Å². The van der Waals surface area contributed by atoms with Crippen LogP contribution in [-0.4, -0.2) is 17.4 Å². The Morgan fingerprint density at radius 1 is 1.21 bits per heavy atom. The third-order valence-corrected chi connectivity index (χ3v) is 2.82. The summed E-state index contributed by atoms with van der Waals surface area (Å²) in [6.07, 6.45) is 2.25. The van der Waals surface area contributed by atoms with E-state index in [0.717, 1.165) is 19.5 Å². The van der Waals surface area contributed by atoms with E-state index in [4.69, 9.17) is 0 Å². The number of nitrogens with zero attached hydrogens (tertiary/aromatic N) is 1. The maximum Gasteiger partial charge on any atom is 0.219 e. The van der Waals surface area contributed by atoms with Crippen LogP contribution in [0, 0.1) is 6.92 Å². The molecule has 1 aliphatic heterocycles. The fourth-order valence-electron chi connectivity index (χ4n) is 1.95. The molecule has 1 heterocycles. The summed E-state index contributed by atoms with van der Waals surface area (Å²) < 4.78 is 0. The number of hydrogen-bond donors (Lipinski definition) is 0. The van der Waals surface area contributed by atoms with Gasteiger partial charge in [0.05, 0.1) is 0 Å². The van der Waals surface area contributed by atoms with Crippen molar-refractivity contribution in [1.82, 2.24) is 4.90 Å². The van der Waals surface area contributed by atoms with E-state index >= 15 is 0 Å². The Bertz CT molecular complexity index is 385. The monoisotopic (exact) mass is 263 g/mol. The lowest BCUT2D eigenvalue weighted by Crippen LogP contribution is -2.34. The molecule has 1 aromatic rings. The van der Waals surface area contributed by atoms with E-state index in [1.54, 1.807) is 6.92 Å². The number of aryl methyl sites for hydroxylation is 1. The molecule has 0 saturated heterocycles. The van der Waals surface area contributed by atoms with Crippen LogP contribution in [0.2, 0.25) is 0 Å². The zero-order valence-electron chi connectivity index (χ0n) is 13.4. The highest BCUT2D eigenvalue weighted by atomic mass is 16.2. The lowest BCUT2D eigenvalue weighted by Gasteiger charge is -2.28. The van der Waals surface area contributed by atoms with Crippen molar-refractivity contribution >= 4 is 5.91 Å². The number of carbonyl (C=O) groups excluding carboxylic acids is 1. The molecule has 0 aliphatic carbocycles. The number of rotatable bonds is 0. The second kappa shape index (κ2) is 9.60. The average Bonchev–Trinajstić information content (AvgIpc) is 2.41. The smallest absolute Gasteiger partial charge is 0.219 e. The Morgan fingerprint density at radius 2 is 1.79 bits per heavy atom. The van der Waals surface area contributed by atoms with E-state index in [1.807, 2.05) is 18.7 Å². The van der Waals surface area contributed by atoms with Gasteiger partial charge in [0.25, 0.3) is 0 Å².